The van der Waals surface area contributed by atoms with Crippen LogP contribution in [-0.2, 0) is 6.54 Å². The monoisotopic (exact) mass is 343 g/mol. The van der Waals surface area contributed by atoms with E-state index < -0.39 is 0 Å². The summed E-state index contributed by atoms with van der Waals surface area (Å²) in [6.45, 7) is 0.385. The van der Waals surface area contributed by atoms with Crippen LogP contribution in [0.3, 0.4) is 0 Å². The second-order valence-corrected chi connectivity index (χ2v) is 6.54. The van der Waals surface area contributed by atoms with Gasteiger partial charge in [0.1, 0.15) is 0 Å². The molecule has 0 atom stereocenters. The largest absolute Gasteiger partial charge is 0.339 e. The average molecular weight is 343 g/mol. The van der Waals surface area contributed by atoms with E-state index in [9.17, 15) is 14.9 Å². The summed E-state index contributed by atoms with van der Waals surface area (Å²) in [5.74, 6) is 0. The van der Waals surface area contributed by atoms with E-state index in [4.69, 9.17) is 0 Å². The zero-order chi connectivity index (χ0) is 16.7. The standard InChI is InChI=1S/C15H13N5O3S/c21-13-7-8-16-14-19(13)17-15(24-14)18(11-5-6-11)9-10-3-1-2-4-12(10)20(22)23/h1-4,7-8,11H,5-6,9H2. The van der Waals surface area contributed by atoms with Gasteiger partial charge in [0.25, 0.3) is 11.2 Å². The van der Waals surface area contributed by atoms with Gasteiger partial charge in [0.15, 0.2) is 0 Å². The van der Waals surface area contributed by atoms with Gasteiger partial charge in [-0.05, 0) is 12.8 Å². The lowest BCUT2D eigenvalue weighted by Gasteiger charge is -2.20. The van der Waals surface area contributed by atoms with Crippen LogP contribution in [0.1, 0.15) is 18.4 Å². The van der Waals surface area contributed by atoms with E-state index in [0.717, 1.165) is 12.8 Å². The van der Waals surface area contributed by atoms with Crippen molar-refractivity contribution in [2.24, 2.45) is 0 Å². The molecule has 4 rings (SSSR count). The molecular formula is C15H13N5O3S. The minimum absolute atomic E-state index is 0.0968. The number of hydrogen-bond donors (Lipinski definition) is 0. The van der Waals surface area contributed by atoms with Gasteiger partial charge in [0, 0.05) is 29.9 Å². The maximum Gasteiger partial charge on any atom is 0.275 e. The van der Waals surface area contributed by atoms with Crippen LogP contribution in [0.5, 0.6) is 0 Å². The molecule has 0 saturated heterocycles. The summed E-state index contributed by atoms with van der Waals surface area (Å²) in [6.07, 6.45) is 3.49. The summed E-state index contributed by atoms with van der Waals surface area (Å²) < 4.78 is 1.27. The summed E-state index contributed by atoms with van der Waals surface area (Å²) in [5.41, 5.74) is 0.498. The van der Waals surface area contributed by atoms with Crippen molar-refractivity contribution < 1.29 is 4.92 Å². The fraction of sp³-hybridized carbons (Fsp3) is 0.267. The Morgan fingerprint density at radius 2 is 2.12 bits per heavy atom. The Morgan fingerprint density at radius 1 is 1.33 bits per heavy atom. The first-order valence-electron chi connectivity index (χ1n) is 7.47. The summed E-state index contributed by atoms with van der Waals surface area (Å²) in [4.78, 5) is 29.4. The quantitative estimate of drug-likeness (QED) is 0.521. The highest BCUT2D eigenvalue weighted by atomic mass is 32.1. The van der Waals surface area contributed by atoms with Crippen molar-refractivity contribution in [1.82, 2.24) is 14.6 Å². The van der Waals surface area contributed by atoms with Crippen molar-refractivity contribution in [3.05, 3.63) is 62.6 Å². The fourth-order valence-corrected chi connectivity index (χ4v) is 3.54. The molecule has 9 heteroatoms. The highest BCUT2D eigenvalue weighted by molar-refractivity contribution is 7.20. The Morgan fingerprint density at radius 3 is 2.83 bits per heavy atom. The first kappa shape index (κ1) is 14.8. The van der Waals surface area contributed by atoms with Crippen molar-refractivity contribution in [1.29, 1.82) is 0 Å². The molecule has 0 radical (unpaired) electrons. The van der Waals surface area contributed by atoms with Gasteiger partial charge in [0.2, 0.25) is 10.1 Å². The third kappa shape index (κ3) is 2.62. The maximum atomic E-state index is 11.9. The number of nitro benzene ring substituents is 1. The van der Waals surface area contributed by atoms with Crippen LogP contribution >= 0.6 is 11.3 Å². The number of fused-ring (bicyclic) bond motifs is 1. The Kier molecular flexibility index (Phi) is 3.49. The molecule has 0 N–H and O–H groups in total. The highest BCUT2D eigenvalue weighted by Gasteiger charge is 2.33. The molecule has 122 valence electrons. The van der Waals surface area contributed by atoms with Gasteiger partial charge in [-0.15, -0.1) is 5.10 Å². The number of nitro groups is 1. The van der Waals surface area contributed by atoms with Gasteiger partial charge in [0.05, 0.1) is 11.5 Å². The van der Waals surface area contributed by atoms with Crippen molar-refractivity contribution >= 4 is 27.1 Å². The van der Waals surface area contributed by atoms with E-state index in [1.807, 2.05) is 4.90 Å². The van der Waals surface area contributed by atoms with Gasteiger partial charge in [-0.1, -0.05) is 29.5 Å². The molecule has 0 spiro atoms. The molecule has 8 nitrogen and oxygen atoms in total. The Labute approximate surface area is 140 Å². The van der Waals surface area contributed by atoms with Crippen molar-refractivity contribution in [2.45, 2.75) is 25.4 Å². The number of nitrogens with zero attached hydrogens (tertiary/aromatic N) is 5. The fourth-order valence-electron chi connectivity index (χ4n) is 2.59. The van der Waals surface area contributed by atoms with Crippen molar-refractivity contribution in [3.8, 4) is 0 Å². The number of rotatable bonds is 5. The molecule has 1 saturated carbocycles. The zero-order valence-corrected chi connectivity index (χ0v) is 13.3. The normalized spacial score (nSPS) is 14.0. The van der Waals surface area contributed by atoms with E-state index in [0.29, 0.717) is 28.2 Å². The topological polar surface area (TPSA) is 93.6 Å². The van der Waals surface area contributed by atoms with Crippen LogP contribution in [-0.4, -0.2) is 25.6 Å². The summed E-state index contributed by atoms with van der Waals surface area (Å²) in [6, 6.07) is 8.36. The minimum Gasteiger partial charge on any atom is -0.339 e. The molecule has 1 fully saturated rings. The third-order valence-corrected chi connectivity index (χ3v) is 4.88. The Balaban J connectivity index is 1.74. The predicted octanol–water partition coefficient (Wildman–Crippen LogP) is 2.23. The maximum absolute atomic E-state index is 11.9. The Bertz CT molecular complexity index is 978. The zero-order valence-electron chi connectivity index (χ0n) is 12.5. The predicted molar refractivity (Wildman–Crippen MR) is 89.4 cm³/mol. The Hall–Kier alpha value is -2.81. The third-order valence-electron chi connectivity index (χ3n) is 3.92. The summed E-state index contributed by atoms with van der Waals surface area (Å²) >= 11 is 1.32. The van der Waals surface area contributed by atoms with Crippen molar-refractivity contribution in [3.63, 3.8) is 0 Å². The lowest BCUT2D eigenvalue weighted by atomic mass is 10.1. The lowest BCUT2D eigenvalue weighted by Crippen LogP contribution is -2.26. The van der Waals surface area contributed by atoms with Crippen molar-refractivity contribution in [2.75, 3.05) is 4.90 Å². The second-order valence-electron chi connectivity index (χ2n) is 5.61. The molecule has 1 aliphatic carbocycles. The van der Waals surface area contributed by atoms with Gasteiger partial charge < -0.3 is 4.90 Å². The van der Waals surface area contributed by atoms with E-state index in [2.05, 4.69) is 10.1 Å². The molecule has 0 bridgehead atoms. The van der Waals surface area contributed by atoms with Gasteiger partial charge in [-0.2, -0.15) is 4.52 Å². The lowest BCUT2D eigenvalue weighted by molar-refractivity contribution is -0.385. The van der Waals surface area contributed by atoms with Crippen LogP contribution in [0.25, 0.3) is 4.96 Å². The second kappa shape index (κ2) is 5.68. The summed E-state index contributed by atoms with van der Waals surface area (Å²) in [5, 5.41) is 16.2. The molecule has 0 aliphatic heterocycles. The van der Waals surface area contributed by atoms with Crippen LogP contribution < -0.4 is 10.5 Å². The number of para-hydroxylation sites is 1. The van der Waals surface area contributed by atoms with Crippen LogP contribution in [0.15, 0.2) is 41.3 Å². The molecule has 2 aromatic heterocycles. The van der Waals surface area contributed by atoms with Crippen LogP contribution in [0.2, 0.25) is 0 Å². The van der Waals surface area contributed by atoms with Gasteiger partial charge >= 0.3 is 0 Å². The van der Waals surface area contributed by atoms with Crippen LogP contribution in [0.4, 0.5) is 10.8 Å². The molecule has 3 aromatic rings. The van der Waals surface area contributed by atoms with Gasteiger partial charge in [-0.3, -0.25) is 14.9 Å². The number of anilines is 1. The molecule has 0 unspecified atom stereocenters. The molecular weight excluding hydrogens is 330 g/mol. The molecule has 24 heavy (non-hydrogen) atoms. The smallest absolute Gasteiger partial charge is 0.275 e. The first-order valence-corrected chi connectivity index (χ1v) is 8.29. The molecule has 1 aromatic carbocycles. The van der Waals surface area contributed by atoms with Gasteiger partial charge in [-0.25, -0.2) is 4.98 Å². The first-order chi connectivity index (χ1) is 11.6. The van der Waals surface area contributed by atoms with Crippen LogP contribution in [0, 0.1) is 10.1 Å². The summed E-state index contributed by atoms with van der Waals surface area (Å²) in [7, 11) is 0. The van der Waals surface area contributed by atoms with E-state index >= 15 is 0 Å². The SMILES string of the molecule is O=c1ccnc2sc(N(Cc3ccccc3[N+](=O)[O-])C3CC3)nn12. The average Bonchev–Trinajstić information content (AvgIpc) is 3.31. The molecule has 0 amide bonds. The molecule has 2 heterocycles. The van der Waals surface area contributed by atoms with E-state index in [1.165, 1.54) is 34.2 Å². The van der Waals surface area contributed by atoms with E-state index in [1.54, 1.807) is 18.2 Å². The number of hydrogen-bond acceptors (Lipinski definition) is 7. The minimum atomic E-state index is -0.370. The highest BCUT2D eigenvalue weighted by Crippen LogP contribution is 2.36. The van der Waals surface area contributed by atoms with E-state index in [-0.39, 0.29) is 16.2 Å². The molecule has 1 aliphatic rings. The number of aromatic nitrogens is 3. The number of benzene rings is 1.